The number of carbonyl (C=O) groups is 2. The van der Waals surface area contributed by atoms with Crippen molar-refractivity contribution < 1.29 is 9.59 Å². The number of nitrogens with zero attached hydrogens (tertiary/aromatic N) is 1. The molecule has 0 radical (unpaired) electrons. The molecule has 1 N–H and O–H groups in total. The highest BCUT2D eigenvalue weighted by atomic mass is 16.2. The first-order valence-electron chi connectivity index (χ1n) is 6.96. The smallest absolute Gasteiger partial charge is 0.245 e. The van der Waals surface area contributed by atoms with Gasteiger partial charge in [-0.05, 0) is 18.8 Å². The molecular formula is C14H26N2O2. The zero-order valence-corrected chi connectivity index (χ0v) is 12.2. The highest BCUT2D eigenvalue weighted by Crippen LogP contribution is 2.19. The van der Waals surface area contributed by atoms with Crippen LogP contribution in [0.2, 0.25) is 0 Å². The molecule has 3 atom stereocenters. The Balaban J connectivity index is 2.94. The molecule has 104 valence electrons. The second-order valence-electron chi connectivity index (χ2n) is 5.87. The molecule has 0 aromatic carbocycles. The van der Waals surface area contributed by atoms with E-state index in [0.29, 0.717) is 12.3 Å². The van der Waals surface area contributed by atoms with Crippen molar-refractivity contribution in [3.05, 3.63) is 0 Å². The van der Waals surface area contributed by atoms with E-state index in [4.69, 9.17) is 0 Å². The molecule has 0 bridgehead atoms. The van der Waals surface area contributed by atoms with E-state index >= 15 is 0 Å². The average Bonchev–Trinajstić information content (AvgIpc) is 2.39. The average molecular weight is 254 g/mol. The molecule has 0 spiro atoms. The summed E-state index contributed by atoms with van der Waals surface area (Å²) in [5, 5.41) is 2.88. The van der Waals surface area contributed by atoms with Gasteiger partial charge in [-0.15, -0.1) is 0 Å². The van der Waals surface area contributed by atoms with Crippen molar-refractivity contribution in [2.45, 2.75) is 59.5 Å². The van der Waals surface area contributed by atoms with Gasteiger partial charge >= 0.3 is 0 Å². The van der Waals surface area contributed by atoms with Gasteiger partial charge in [0, 0.05) is 19.0 Å². The Morgan fingerprint density at radius 1 is 1.33 bits per heavy atom. The fourth-order valence-corrected chi connectivity index (χ4v) is 2.35. The van der Waals surface area contributed by atoms with E-state index in [9.17, 15) is 9.59 Å². The lowest BCUT2D eigenvalue weighted by atomic mass is 9.97. The van der Waals surface area contributed by atoms with Gasteiger partial charge in [-0.2, -0.15) is 0 Å². The molecule has 0 aromatic rings. The third-order valence-corrected chi connectivity index (χ3v) is 3.65. The molecule has 0 saturated carbocycles. The van der Waals surface area contributed by atoms with Crippen molar-refractivity contribution in [1.82, 2.24) is 10.2 Å². The first-order chi connectivity index (χ1) is 8.36. The van der Waals surface area contributed by atoms with Crippen LogP contribution in [0.15, 0.2) is 0 Å². The van der Waals surface area contributed by atoms with E-state index in [1.165, 1.54) is 0 Å². The summed E-state index contributed by atoms with van der Waals surface area (Å²) in [6, 6.07) is -0.361. The van der Waals surface area contributed by atoms with Gasteiger partial charge in [0.05, 0.1) is 0 Å². The molecule has 0 aromatic heterocycles. The van der Waals surface area contributed by atoms with Gasteiger partial charge in [0.15, 0.2) is 0 Å². The molecule has 2 amide bonds. The summed E-state index contributed by atoms with van der Waals surface area (Å²) in [6.45, 7) is 10.9. The normalized spacial score (nSPS) is 27.1. The van der Waals surface area contributed by atoms with E-state index in [2.05, 4.69) is 19.2 Å². The fourth-order valence-electron chi connectivity index (χ4n) is 2.35. The molecule has 4 nitrogen and oxygen atoms in total. The number of rotatable bonds is 4. The van der Waals surface area contributed by atoms with E-state index < -0.39 is 0 Å². The van der Waals surface area contributed by atoms with Gasteiger partial charge in [-0.1, -0.05) is 34.1 Å². The predicted octanol–water partition coefficient (Wildman–Crippen LogP) is 1.79. The Morgan fingerprint density at radius 2 is 1.94 bits per heavy atom. The van der Waals surface area contributed by atoms with Gasteiger partial charge in [-0.25, -0.2) is 0 Å². The fraction of sp³-hybridized carbons (Fsp3) is 0.857. The van der Waals surface area contributed by atoms with Crippen molar-refractivity contribution in [3.63, 3.8) is 0 Å². The van der Waals surface area contributed by atoms with Crippen LogP contribution in [-0.4, -0.2) is 35.3 Å². The van der Waals surface area contributed by atoms with Crippen molar-refractivity contribution in [2.75, 3.05) is 6.54 Å². The lowest BCUT2D eigenvalue weighted by Gasteiger charge is -2.31. The lowest BCUT2D eigenvalue weighted by Crippen LogP contribution is -2.50. The minimum Gasteiger partial charge on any atom is -0.344 e. The Morgan fingerprint density at radius 3 is 2.44 bits per heavy atom. The third-order valence-electron chi connectivity index (χ3n) is 3.65. The standard InChI is InChI=1S/C14H26N2O2/c1-6-10(4)13-14(18)16(8-9(2)3)11(5)7-12(17)15-13/h9-11,13H,6-8H2,1-5H3,(H,15,17). The second kappa shape index (κ2) is 6.21. The number of nitrogens with one attached hydrogen (secondary N) is 1. The molecule has 0 aliphatic carbocycles. The molecule has 3 unspecified atom stereocenters. The third kappa shape index (κ3) is 3.47. The van der Waals surface area contributed by atoms with E-state index in [1.807, 2.05) is 25.7 Å². The number of amides is 2. The molecule has 1 aliphatic heterocycles. The summed E-state index contributed by atoms with van der Waals surface area (Å²) in [4.78, 5) is 26.2. The molecule has 1 heterocycles. The quantitative estimate of drug-likeness (QED) is 0.831. The summed E-state index contributed by atoms with van der Waals surface area (Å²) in [5.74, 6) is 0.674. The Labute approximate surface area is 110 Å². The number of carbonyl (C=O) groups excluding carboxylic acids is 2. The van der Waals surface area contributed by atoms with Crippen LogP contribution in [0.5, 0.6) is 0 Å². The van der Waals surface area contributed by atoms with Crippen LogP contribution in [0.4, 0.5) is 0 Å². The summed E-state index contributed by atoms with van der Waals surface area (Å²) in [7, 11) is 0. The summed E-state index contributed by atoms with van der Waals surface area (Å²) >= 11 is 0. The van der Waals surface area contributed by atoms with E-state index in [1.54, 1.807) is 0 Å². The zero-order valence-electron chi connectivity index (χ0n) is 12.2. The van der Waals surface area contributed by atoms with Crippen LogP contribution in [-0.2, 0) is 9.59 Å². The van der Waals surface area contributed by atoms with Gasteiger partial charge in [0.2, 0.25) is 11.8 Å². The number of hydrogen-bond acceptors (Lipinski definition) is 2. The summed E-state index contributed by atoms with van der Waals surface area (Å²) in [5.41, 5.74) is 0. The van der Waals surface area contributed by atoms with Crippen molar-refractivity contribution in [1.29, 1.82) is 0 Å². The lowest BCUT2D eigenvalue weighted by molar-refractivity contribution is -0.136. The first-order valence-corrected chi connectivity index (χ1v) is 6.96. The van der Waals surface area contributed by atoms with Crippen LogP contribution >= 0.6 is 0 Å². The van der Waals surface area contributed by atoms with Crippen LogP contribution in [0.3, 0.4) is 0 Å². The molecule has 1 rings (SSSR count). The maximum atomic E-state index is 12.5. The van der Waals surface area contributed by atoms with Crippen molar-refractivity contribution >= 4 is 11.8 Å². The van der Waals surface area contributed by atoms with E-state index in [0.717, 1.165) is 13.0 Å². The predicted molar refractivity (Wildman–Crippen MR) is 72.0 cm³/mol. The zero-order chi connectivity index (χ0) is 13.9. The number of hydrogen-bond donors (Lipinski definition) is 1. The SMILES string of the molecule is CCC(C)C1NC(=O)CC(C)N(CC(C)C)C1=O. The topological polar surface area (TPSA) is 49.4 Å². The molecule has 4 heteroatoms. The molecular weight excluding hydrogens is 228 g/mol. The summed E-state index contributed by atoms with van der Waals surface area (Å²) in [6.07, 6.45) is 1.30. The Hall–Kier alpha value is -1.06. The minimum atomic E-state index is -0.355. The molecule has 1 aliphatic rings. The maximum absolute atomic E-state index is 12.5. The Kier molecular flexibility index (Phi) is 5.17. The molecule has 1 fully saturated rings. The minimum absolute atomic E-state index is 0.00560. The van der Waals surface area contributed by atoms with Gasteiger partial charge in [0.1, 0.15) is 6.04 Å². The largest absolute Gasteiger partial charge is 0.344 e. The van der Waals surface area contributed by atoms with Crippen LogP contribution < -0.4 is 5.32 Å². The highest BCUT2D eigenvalue weighted by molar-refractivity contribution is 5.90. The maximum Gasteiger partial charge on any atom is 0.245 e. The van der Waals surface area contributed by atoms with Crippen LogP contribution in [0, 0.1) is 11.8 Å². The van der Waals surface area contributed by atoms with Crippen LogP contribution in [0.1, 0.15) is 47.5 Å². The van der Waals surface area contributed by atoms with Gasteiger partial charge in [-0.3, -0.25) is 9.59 Å². The van der Waals surface area contributed by atoms with Gasteiger partial charge < -0.3 is 10.2 Å². The van der Waals surface area contributed by atoms with Gasteiger partial charge in [0.25, 0.3) is 0 Å². The first kappa shape index (κ1) is 15.0. The highest BCUT2D eigenvalue weighted by Gasteiger charge is 2.36. The second-order valence-corrected chi connectivity index (χ2v) is 5.87. The van der Waals surface area contributed by atoms with Crippen molar-refractivity contribution in [3.8, 4) is 0 Å². The van der Waals surface area contributed by atoms with E-state index in [-0.39, 0.29) is 29.8 Å². The van der Waals surface area contributed by atoms with Crippen molar-refractivity contribution in [2.24, 2.45) is 11.8 Å². The van der Waals surface area contributed by atoms with Crippen LogP contribution in [0.25, 0.3) is 0 Å². The molecule has 1 saturated heterocycles. The molecule has 18 heavy (non-hydrogen) atoms. The Bertz CT molecular complexity index is 315. The monoisotopic (exact) mass is 254 g/mol. The summed E-state index contributed by atoms with van der Waals surface area (Å²) < 4.78 is 0.